The van der Waals surface area contributed by atoms with Crippen molar-refractivity contribution in [2.75, 3.05) is 54.1 Å². The summed E-state index contributed by atoms with van der Waals surface area (Å²) >= 11 is 25.6. The zero-order chi connectivity index (χ0) is 29.8. The van der Waals surface area contributed by atoms with Crippen molar-refractivity contribution in [3.8, 4) is 0 Å². The van der Waals surface area contributed by atoms with E-state index >= 15 is 0 Å². The molecule has 0 saturated heterocycles. The van der Waals surface area contributed by atoms with Crippen LogP contribution < -0.4 is 36.6 Å². The number of benzene rings is 2. The van der Waals surface area contributed by atoms with Gasteiger partial charge in [0.25, 0.3) is 0 Å². The molecule has 8 nitrogen and oxygen atoms in total. The molecule has 0 spiro atoms. The molecule has 2 atom stereocenters. The summed E-state index contributed by atoms with van der Waals surface area (Å²) in [6, 6.07) is 7.46. The van der Waals surface area contributed by atoms with Gasteiger partial charge in [0.2, 0.25) is 0 Å². The van der Waals surface area contributed by atoms with Crippen LogP contribution in [0.5, 0.6) is 0 Å². The molecule has 0 aromatic heterocycles. The Bertz CT molecular complexity index is 1390. The molecule has 2 aromatic rings. The maximum Gasteiger partial charge on any atom is 0.302 e. The number of rotatable bonds is 10. The molecule has 2 unspecified atom stereocenters. The lowest BCUT2D eigenvalue weighted by Crippen LogP contribution is -3.11. The Hall–Kier alpha value is -2.14. The minimum Gasteiger partial charge on any atom is -1.00 e. The van der Waals surface area contributed by atoms with Crippen LogP contribution in [0.25, 0.3) is 0 Å². The molecule has 0 fully saturated rings. The molecule has 42 heavy (non-hydrogen) atoms. The predicted molar refractivity (Wildman–Crippen MR) is 166 cm³/mol. The van der Waals surface area contributed by atoms with E-state index < -0.39 is 0 Å². The van der Waals surface area contributed by atoms with E-state index in [1.807, 2.05) is 36.4 Å². The van der Waals surface area contributed by atoms with Crippen LogP contribution in [0.3, 0.4) is 0 Å². The quantitative estimate of drug-likeness (QED) is 0.379. The number of hydrogen-bond donors (Lipinski definition) is 1. The number of fused-ring (bicyclic) bond motifs is 2. The summed E-state index contributed by atoms with van der Waals surface area (Å²) in [5.41, 5.74) is 3.78. The van der Waals surface area contributed by atoms with Crippen molar-refractivity contribution >= 4 is 81.1 Å². The van der Waals surface area contributed by atoms with Gasteiger partial charge in [-0.3, -0.25) is 14.5 Å². The highest BCUT2D eigenvalue weighted by molar-refractivity contribution is 6.43. The number of halogens is 5. The number of anilines is 3. The van der Waals surface area contributed by atoms with Crippen LogP contribution in [0.15, 0.2) is 48.3 Å². The number of carbonyl (C=O) groups excluding carboxylic acids is 2. The summed E-state index contributed by atoms with van der Waals surface area (Å²) in [7, 11) is 0. The van der Waals surface area contributed by atoms with Crippen LogP contribution in [0, 0.1) is 0 Å². The van der Waals surface area contributed by atoms with Gasteiger partial charge < -0.3 is 41.2 Å². The Labute approximate surface area is 277 Å². The second kappa shape index (κ2) is 15.0. The molecule has 2 aliphatic rings. The first-order valence-electron chi connectivity index (χ1n) is 13.4. The van der Waals surface area contributed by atoms with Gasteiger partial charge in [-0.2, -0.15) is 0 Å². The van der Waals surface area contributed by atoms with Gasteiger partial charge in [-0.1, -0.05) is 52.5 Å². The number of esters is 2. The Kier molecular flexibility index (Phi) is 12.3. The third-order valence-corrected chi connectivity index (χ3v) is 8.48. The van der Waals surface area contributed by atoms with Gasteiger partial charge in [0.1, 0.15) is 31.3 Å². The maximum atomic E-state index is 11.5. The van der Waals surface area contributed by atoms with Gasteiger partial charge in [-0.15, -0.1) is 0 Å². The monoisotopic (exact) mass is 720 g/mol. The van der Waals surface area contributed by atoms with Gasteiger partial charge in [0, 0.05) is 33.0 Å². The lowest BCUT2D eigenvalue weighted by Gasteiger charge is -2.26. The minimum atomic E-state index is -0.339. The third kappa shape index (κ3) is 7.31. The van der Waals surface area contributed by atoms with Gasteiger partial charge in [-0.25, -0.2) is 0 Å². The number of allylic oxidation sites excluding steroid dienone is 2. The van der Waals surface area contributed by atoms with Crippen LogP contribution in [0.2, 0.25) is 20.1 Å². The molecular weight excluding hydrogens is 690 g/mol. The van der Waals surface area contributed by atoms with E-state index in [2.05, 4.69) is 34.6 Å². The average Bonchev–Trinajstić information content (AvgIpc) is 3.34. The van der Waals surface area contributed by atoms with Gasteiger partial charge in [-0.05, 0) is 44.2 Å². The van der Waals surface area contributed by atoms with Crippen LogP contribution in [0.4, 0.5) is 22.7 Å². The van der Waals surface area contributed by atoms with Crippen molar-refractivity contribution < 1.29 is 40.9 Å². The summed E-state index contributed by atoms with van der Waals surface area (Å²) < 4.78 is 10.5. The highest BCUT2D eigenvalue weighted by Crippen LogP contribution is 2.45. The molecule has 0 radical (unpaired) electrons. The summed E-state index contributed by atoms with van der Waals surface area (Å²) in [6.45, 7) is 9.80. The molecule has 0 bridgehead atoms. The van der Waals surface area contributed by atoms with E-state index in [-0.39, 0.29) is 48.3 Å². The van der Waals surface area contributed by atoms with Crippen molar-refractivity contribution in [2.24, 2.45) is 0 Å². The SMILES string of the molecule is CCN1/C(=C/C=C/C2N(CC)c3cc(Cl)c(Cl)cc3[NH+]2CCOC(C)=O)N(CCOC(C)=O)c2cc(Cl)c(Cl)cc21.[Br-]. The van der Waals surface area contributed by atoms with E-state index in [1.165, 1.54) is 13.8 Å². The number of quaternary nitrogens is 1. The zero-order valence-electron chi connectivity index (χ0n) is 23.7. The lowest BCUT2D eigenvalue weighted by atomic mass is 10.2. The fraction of sp³-hybridized carbons (Fsp3) is 0.379. The highest BCUT2D eigenvalue weighted by Gasteiger charge is 2.39. The summed E-state index contributed by atoms with van der Waals surface area (Å²) in [6.07, 6.45) is 6.05. The second-order valence-corrected chi connectivity index (χ2v) is 11.2. The maximum absolute atomic E-state index is 11.5. The van der Waals surface area contributed by atoms with Crippen molar-refractivity contribution in [3.63, 3.8) is 0 Å². The molecular formula is C29H33BrCl4N4O4. The van der Waals surface area contributed by atoms with Crippen molar-refractivity contribution in [2.45, 2.75) is 33.9 Å². The number of ether oxygens (including phenoxy) is 2. The van der Waals surface area contributed by atoms with Crippen molar-refractivity contribution in [1.82, 2.24) is 0 Å². The fourth-order valence-corrected chi connectivity index (χ4v) is 5.97. The van der Waals surface area contributed by atoms with Crippen molar-refractivity contribution in [1.29, 1.82) is 0 Å². The molecule has 13 heteroatoms. The molecule has 2 aromatic carbocycles. The Morgan fingerprint density at radius 1 is 0.833 bits per heavy atom. The highest BCUT2D eigenvalue weighted by atomic mass is 79.9. The number of likely N-dealkylation sites (N-methyl/N-ethyl adjacent to an activating group) is 1. The van der Waals surface area contributed by atoms with Gasteiger partial charge in [0.15, 0.2) is 11.9 Å². The van der Waals surface area contributed by atoms with E-state index in [1.54, 1.807) is 0 Å². The largest absolute Gasteiger partial charge is 1.00 e. The second-order valence-electron chi connectivity index (χ2n) is 9.53. The van der Waals surface area contributed by atoms with Crippen LogP contribution in [0.1, 0.15) is 27.7 Å². The summed E-state index contributed by atoms with van der Waals surface area (Å²) in [4.78, 5) is 30.5. The first kappa shape index (κ1) is 34.4. The van der Waals surface area contributed by atoms with E-state index in [4.69, 9.17) is 55.9 Å². The van der Waals surface area contributed by atoms with Crippen molar-refractivity contribution in [3.05, 3.63) is 68.4 Å². The third-order valence-electron chi connectivity index (χ3n) is 7.03. The summed E-state index contributed by atoms with van der Waals surface area (Å²) in [5, 5.41) is 1.87. The Morgan fingerprint density at radius 2 is 1.38 bits per heavy atom. The number of carbonyl (C=O) groups is 2. The molecule has 2 aliphatic heterocycles. The van der Waals surface area contributed by atoms with Crippen LogP contribution >= 0.6 is 46.4 Å². The molecule has 228 valence electrons. The number of hydrogen-bond acceptors (Lipinski definition) is 7. The number of nitrogens with one attached hydrogen (secondary N) is 1. The first-order chi connectivity index (χ1) is 19.6. The molecule has 0 saturated carbocycles. The number of nitrogens with zero attached hydrogens (tertiary/aromatic N) is 3. The predicted octanol–water partition coefficient (Wildman–Crippen LogP) is 2.86. The Morgan fingerprint density at radius 3 is 1.95 bits per heavy atom. The first-order valence-corrected chi connectivity index (χ1v) is 14.9. The van der Waals surface area contributed by atoms with Crippen LogP contribution in [-0.2, 0) is 19.1 Å². The lowest BCUT2D eigenvalue weighted by molar-refractivity contribution is -0.846. The minimum absolute atomic E-state index is 0. The van der Waals surface area contributed by atoms with Gasteiger partial charge in [0.05, 0.1) is 38.0 Å². The molecule has 1 N–H and O–H groups in total. The molecule has 0 aliphatic carbocycles. The zero-order valence-corrected chi connectivity index (χ0v) is 28.3. The van der Waals surface area contributed by atoms with E-state index in [9.17, 15) is 9.59 Å². The smallest absolute Gasteiger partial charge is 0.302 e. The summed E-state index contributed by atoms with van der Waals surface area (Å²) in [5.74, 6) is 0.237. The Balaban J connectivity index is 0.00000484. The fourth-order valence-electron chi connectivity index (χ4n) is 5.33. The molecule has 4 rings (SSSR count). The molecule has 0 amide bonds. The standard InChI is InChI=1S/C29H32Cl4N4O4.BrH/c1-5-34-24-14-20(30)22(32)16-26(24)36(10-12-40-18(3)38)28(34)8-7-9-29-35(6-2)25-15-21(31)23(33)17-27(25)37(29)11-13-41-19(4)39;/h7-9,14-17,28H,5-6,10-13H2,1-4H3;1H/b8-7+,29-9-;. The normalized spacial score (nSPS) is 18.4. The van der Waals surface area contributed by atoms with Crippen LogP contribution in [-0.4, -0.2) is 57.5 Å². The van der Waals surface area contributed by atoms with Gasteiger partial charge >= 0.3 is 11.9 Å². The topological polar surface area (TPSA) is 66.8 Å². The molecule has 2 heterocycles. The van der Waals surface area contributed by atoms with E-state index in [0.717, 1.165) is 40.0 Å². The van der Waals surface area contributed by atoms with E-state index in [0.29, 0.717) is 39.7 Å². The average molecular weight is 723 g/mol.